The van der Waals surface area contributed by atoms with Crippen molar-refractivity contribution >= 4 is 21.0 Å². The molecule has 5 nitrogen and oxygen atoms in total. The molecule has 0 amide bonds. The first-order valence-electron chi connectivity index (χ1n) is 8.36. The summed E-state index contributed by atoms with van der Waals surface area (Å²) in [5.74, 6) is 0.420. The average molecular weight is 376 g/mol. The monoisotopic (exact) mass is 376 g/mol. The number of rotatable bonds is 4. The van der Waals surface area contributed by atoms with E-state index in [1.54, 1.807) is 30.3 Å². The van der Waals surface area contributed by atoms with E-state index >= 15 is 0 Å². The second-order valence-corrected chi connectivity index (χ2v) is 7.63. The molecule has 1 heterocycles. The molecule has 0 bridgehead atoms. The van der Waals surface area contributed by atoms with Crippen molar-refractivity contribution in [1.29, 1.82) is 0 Å². The van der Waals surface area contributed by atoms with Crippen molar-refractivity contribution < 1.29 is 12.6 Å². The highest BCUT2D eigenvalue weighted by molar-refractivity contribution is 7.87. The van der Waals surface area contributed by atoms with Crippen LogP contribution in [0.2, 0.25) is 0 Å². The first-order chi connectivity index (χ1) is 13.0. The molecular weight excluding hydrogens is 360 g/mol. The number of fused-ring (bicyclic) bond motifs is 1. The Hall–Kier alpha value is -3.25. The van der Waals surface area contributed by atoms with Crippen LogP contribution in [0.3, 0.4) is 0 Å². The first-order valence-corrected chi connectivity index (χ1v) is 9.77. The highest BCUT2D eigenvalue weighted by atomic mass is 32.2. The summed E-state index contributed by atoms with van der Waals surface area (Å²) in [5, 5.41) is 0.535. The van der Waals surface area contributed by atoms with E-state index in [-0.39, 0.29) is 10.8 Å². The third kappa shape index (κ3) is 3.52. The van der Waals surface area contributed by atoms with Crippen molar-refractivity contribution in [2.45, 2.75) is 11.8 Å². The molecule has 0 aliphatic carbocycles. The van der Waals surface area contributed by atoms with Crippen LogP contribution in [0.15, 0.2) is 83.8 Å². The molecule has 0 aliphatic rings. The fourth-order valence-electron chi connectivity index (χ4n) is 2.68. The van der Waals surface area contributed by atoms with E-state index in [1.165, 1.54) is 12.1 Å². The van der Waals surface area contributed by atoms with Crippen LogP contribution in [0.4, 0.5) is 0 Å². The molecular formula is C21H16N2O3S. The lowest BCUT2D eigenvalue weighted by Crippen LogP contribution is -2.11. The molecule has 0 saturated carbocycles. The zero-order valence-corrected chi connectivity index (χ0v) is 15.3. The normalized spacial score (nSPS) is 11.4. The lowest BCUT2D eigenvalue weighted by Gasteiger charge is -2.10. The zero-order chi connectivity index (χ0) is 18.9. The number of hydrogen-bond donors (Lipinski definition) is 0. The molecule has 3 aromatic carbocycles. The molecule has 0 N–H and O–H groups in total. The van der Waals surface area contributed by atoms with E-state index in [9.17, 15) is 8.42 Å². The van der Waals surface area contributed by atoms with Gasteiger partial charge in [0.2, 0.25) is 5.88 Å². The largest absolute Gasteiger partial charge is 0.357 e. The number of benzene rings is 3. The quantitative estimate of drug-likeness (QED) is 0.495. The van der Waals surface area contributed by atoms with E-state index in [1.807, 2.05) is 43.3 Å². The highest BCUT2D eigenvalue weighted by Gasteiger charge is 2.20. The van der Waals surface area contributed by atoms with Gasteiger partial charge in [0.15, 0.2) is 5.82 Å². The SMILES string of the molecule is Cc1ccc(S(=O)(=O)Oc2nc(-c3ccccc3)nc3ccccc23)cc1. The third-order valence-electron chi connectivity index (χ3n) is 4.10. The Labute approximate surface area is 157 Å². The van der Waals surface area contributed by atoms with E-state index in [0.29, 0.717) is 16.7 Å². The standard InChI is InChI=1S/C21H16N2O3S/c1-15-11-13-17(14-12-15)27(24,25)26-21-18-9-5-6-10-19(18)22-20(23-21)16-7-3-2-4-8-16/h2-14H,1H3. The minimum Gasteiger partial charge on any atom is -0.357 e. The Kier molecular flexibility index (Phi) is 4.33. The van der Waals surface area contributed by atoms with E-state index in [4.69, 9.17) is 4.18 Å². The molecule has 0 radical (unpaired) electrons. The molecule has 27 heavy (non-hydrogen) atoms. The van der Waals surface area contributed by atoms with Gasteiger partial charge in [-0.2, -0.15) is 13.4 Å². The predicted octanol–water partition coefficient (Wildman–Crippen LogP) is 4.37. The minimum absolute atomic E-state index is 0.0139. The van der Waals surface area contributed by atoms with Crippen molar-refractivity contribution in [2.24, 2.45) is 0 Å². The van der Waals surface area contributed by atoms with E-state index in [2.05, 4.69) is 9.97 Å². The minimum atomic E-state index is -4.01. The molecule has 0 aliphatic heterocycles. The molecule has 4 aromatic rings. The molecule has 0 spiro atoms. The molecule has 1 aromatic heterocycles. The Bertz CT molecular complexity index is 1210. The Morgan fingerprint density at radius 3 is 2.19 bits per heavy atom. The van der Waals surface area contributed by atoms with Gasteiger partial charge in [-0.05, 0) is 31.2 Å². The van der Waals surface area contributed by atoms with Gasteiger partial charge < -0.3 is 4.18 Å². The fraction of sp³-hybridized carbons (Fsp3) is 0.0476. The lowest BCUT2D eigenvalue weighted by atomic mass is 10.2. The van der Waals surface area contributed by atoms with Crippen molar-refractivity contribution in [1.82, 2.24) is 9.97 Å². The van der Waals surface area contributed by atoms with Crippen LogP contribution in [0.1, 0.15) is 5.56 Å². The van der Waals surface area contributed by atoms with Crippen LogP contribution < -0.4 is 4.18 Å². The highest BCUT2D eigenvalue weighted by Crippen LogP contribution is 2.28. The van der Waals surface area contributed by atoms with Crippen molar-refractivity contribution in [3.8, 4) is 17.3 Å². The van der Waals surface area contributed by atoms with Crippen LogP contribution in [-0.4, -0.2) is 18.4 Å². The predicted molar refractivity (Wildman–Crippen MR) is 104 cm³/mol. The molecule has 4 rings (SSSR count). The van der Waals surface area contributed by atoms with Gasteiger partial charge in [-0.25, -0.2) is 4.98 Å². The van der Waals surface area contributed by atoms with Gasteiger partial charge >= 0.3 is 10.1 Å². The number of para-hydroxylation sites is 1. The van der Waals surface area contributed by atoms with Crippen LogP contribution in [0.25, 0.3) is 22.3 Å². The number of nitrogens with zero attached hydrogens (tertiary/aromatic N) is 2. The van der Waals surface area contributed by atoms with Gasteiger partial charge in [0.25, 0.3) is 0 Å². The Balaban J connectivity index is 1.84. The average Bonchev–Trinajstić information content (AvgIpc) is 2.69. The summed E-state index contributed by atoms with van der Waals surface area (Å²) >= 11 is 0. The third-order valence-corrected chi connectivity index (χ3v) is 5.33. The number of aromatic nitrogens is 2. The maximum atomic E-state index is 12.7. The molecule has 0 fully saturated rings. The lowest BCUT2D eigenvalue weighted by molar-refractivity contribution is 0.479. The van der Waals surface area contributed by atoms with Crippen LogP contribution in [0.5, 0.6) is 5.88 Å². The van der Waals surface area contributed by atoms with Gasteiger partial charge in [0.05, 0.1) is 10.9 Å². The summed E-state index contributed by atoms with van der Waals surface area (Å²) in [7, 11) is -4.01. The van der Waals surface area contributed by atoms with Crippen molar-refractivity contribution in [2.75, 3.05) is 0 Å². The smallest absolute Gasteiger partial charge is 0.340 e. The van der Waals surface area contributed by atoms with E-state index in [0.717, 1.165) is 11.1 Å². The summed E-state index contributed by atoms with van der Waals surface area (Å²) in [4.78, 5) is 9.00. The number of aryl methyl sites for hydroxylation is 1. The molecule has 0 unspecified atom stereocenters. The van der Waals surface area contributed by atoms with Gasteiger partial charge in [-0.1, -0.05) is 60.2 Å². The summed E-state index contributed by atoms with van der Waals surface area (Å²) in [5.41, 5.74) is 2.36. The molecule has 6 heteroatoms. The second-order valence-electron chi connectivity index (χ2n) is 6.09. The van der Waals surface area contributed by atoms with Gasteiger partial charge in [0.1, 0.15) is 4.90 Å². The summed E-state index contributed by atoms with van der Waals surface area (Å²) in [6.07, 6.45) is 0. The maximum absolute atomic E-state index is 12.7. The van der Waals surface area contributed by atoms with Crippen LogP contribution in [0, 0.1) is 6.92 Å². The van der Waals surface area contributed by atoms with E-state index < -0.39 is 10.1 Å². The molecule has 0 atom stereocenters. The maximum Gasteiger partial charge on any atom is 0.340 e. The van der Waals surface area contributed by atoms with Gasteiger partial charge in [0, 0.05) is 5.56 Å². The van der Waals surface area contributed by atoms with Gasteiger partial charge in [-0.3, -0.25) is 0 Å². The molecule has 134 valence electrons. The fourth-order valence-corrected chi connectivity index (χ4v) is 3.58. The summed E-state index contributed by atoms with van der Waals surface area (Å²) < 4.78 is 30.9. The summed E-state index contributed by atoms with van der Waals surface area (Å²) in [6, 6.07) is 23.0. The Morgan fingerprint density at radius 1 is 0.778 bits per heavy atom. The Morgan fingerprint density at radius 2 is 1.44 bits per heavy atom. The second kappa shape index (κ2) is 6.81. The topological polar surface area (TPSA) is 69.2 Å². The van der Waals surface area contributed by atoms with Crippen molar-refractivity contribution in [3.63, 3.8) is 0 Å². The zero-order valence-electron chi connectivity index (χ0n) is 14.5. The summed E-state index contributed by atoms with van der Waals surface area (Å²) in [6.45, 7) is 1.89. The number of hydrogen-bond acceptors (Lipinski definition) is 5. The first kappa shape index (κ1) is 17.2. The van der Waals surface area contributed by atoms with Crippen LogP contribution in [-0.2, 0) is 10.1 Å². The molecule has 0 saturated heterocycles. The van der Waals surface area contributed by atoms with Gasteiger partial charge in [-0.15, -0.1) is 0 Å². The van der Waals surface area contributed by atoms with Crippen LogP contribution >= 0.6 is 0 Å². The van der Waals surface area contributed by atoms with Crippen molar-refractivity contribution in [3.05, 3.63) is 84.4 Å².